The molecule has 0 aromatic heterocycles. The minimum absolute atomic E-state index is 0.0885. The van der Waals surface area contributed by atoms with Gasteiger partial charge in [-0.05, 0) is 79.4 Å². The standard InChI is InChI=1S/C20H25FN2O2/c21-17-3-1-13(2-4-17)8-18(24)22-23-19(25)12-20-9-14-5-15(10-20)7-16(6-14)11-20/h1-4,14-16H,5-12H2,(H,22,24)(H,23,25). The van der Waals surface area contributed by atoms with Crippen molar-refractivity contribution in [3.63, 3.8) is 0 Å². The molecule has 4 aliphatic carbocycles. The SMILES string of the molecule is O=C(Cc1ccc(F)cc1)NNC(=O)CC12CC3CC(CC(C3)C1)C2. The molecule has 4 fully saturated rings. The lowest BCUT2D eigenvalue weighted by Gasteiger charge is -2.56. The van der Waals surface area contributed by atoms with Crippen molar-refractivity contribution in [1.29, 1.82) is 0 Å². The second-order valence-electron chi connectivity index (χ2n) is 8.49. The van der Waals surface area contributed by atoms with E-state index in [2.05, 4.69) is 10.9 Å². The first kappa shape index (κ1) is 16.6. The Labute approximate surface area is 147 Å². The lowest BCUT2D eigenvalue weighted by molar-refractivity contribution is -0.134. The van der Waals surface area contributed by atoms with Crippen LogP contribution in [0, 0.1) is 29.0 Å². The summed E-state index contributed by atoms with van der Waals surface area (Å²) in [5.41, 5.74) is 5.96. The summed E-state index contributed by atoms with van der Waals surface area (Å²) in [5, 5.41) is 0. The van der Waals surface area contributed by atoms with Gasteiger partial charge in [0.2, 0.25) is 11.8 Å². The molecule has 4 nitrogen and oxygen atoms in total. The predicted molar refractivity (Wildman–Crippen MR) is 91.6 cm³/mol. The molecule has 5 heteroatoms. The van der Waals surface area contributed by atoms with Gasteiger partial charge in [0.05, 0.1) is 6.42 Å². The molecule has 1 aromatic rings. The van der Waals surface area contributed by atoms with Crippen LogP contribution < -0.4 is 10.9 Å². The highest BCUT2D eigenvalue weighted by molar-refractivity contribution is 5.83. The molecule has 134 valence electrons. The first-order valence-electron chi connectivity index (χ1n) is 9.32. The van der Waals surface area contributed by atoms with Gasteiger partial charge in [-0.3, -0.25) is 20.4 Å². The number of carbonyl (C=O) groups excluding carboxylic acids is 2. The minimum atomic E-state index is -0.326. The van der Waals surface area contributed by atoms with Gasteiger partial charge < -0.3 is 0 Å². The molecule has 4 bridgehead atoms. The van der Waals surface area contributed by atoms with Crippen molar-refractivity contribution >= 4 is 11.8 Å². The van der Waals surface area contributed by atoms with E-state index in [9.17, 15) is 14.0 Å². The molecule has 0 unspecified atom stereocenters. The maximum Gasteiger partial charge on any atom is 0.242 e. The maximum atomic E-state index is 12.9. The van der Waals surface area contributed by atoms with Crippen molar-refractivity contribution in [3.05, 3.63) is 35.6 Å². The van der Waals surface area contributed by atoms with Gasteiger partial charge in [-0.2, -0.15) is 0 Å². The zero-order valence-corrected chi connectivity index (χ0v) is 14.4. The number of amides is 2. The Morgan fingerprint density at radius 2 is 1.44 bits per heavy atom. The van der Waals surface area contributed by atoms with Gasteiger partial charge in [0.25, 0.3) is 0 Å². The Balaban J connectivity index is 1.26. The number of hydrazine groups is 1. The van der Waals surface area contributed by atoms with E-state index >= 15 is 0 Å². The second-order valence-corrected chi connectivity index (χ2v) is 8.49. The van der Waals surface area contributed by atoms with Gasteiger partial charge in [0, 0.05) is 6.42 Å². The fourth-order valence-electron chi connectivity index (χ4n) is 5.86. The van der Waals surface area contributed by atoms with Crippen molar-refractivity contribution in [1.82, 2.24) is 10.9 Å². The summed E-state index contributed by atoms with van der Waals surface area (Å²) in [6, 6.07) is 5.81. The van der Waals surface area contributed by atoms with E-state index < -0.39 is 0 Å². The highest BCUT2D eigenvalue weighted by Crippen LogP contribution is 2.61. The summed E-state index contributed by atoms with van der Waals surface area (Å²) in [6.45, 7) is 0. The Kier molecular flexibility index (Phi) is 4.26. The van der Waals surface area contributed by atoms with Crippen LogP contribution >= 0.6 is 0 Å². The molecule has 2 N–H and O–H groups in total. The number of carbonyl (C=O) groups is 2. The molecule has 4 aliphatic rings. The number of benzene rings is 1. The van der Waals surface area contributed by atoms with Crippen LogP contribution in [0.4, 0.5) is 4.39 Å². The van der Waals surface area contributed by atoms with Crippen LogP contribution in [-0.4, -0.2) is 11.8 Å². The third-order valence-corrected chi connectivity index (χ3v) is 6.32. The summed E-state index contributed by atoms with van der Waals surface area (Å²) in [5.74, 6) is 1.74. The molecule has 0 heterocycles. The summed E-state index contributed by atoms with van der Waals surface area (Å²) >= 11 is 0. The van der Waals surface area contributed by atoms with Crippen LogP contribution in [0.2, 0.25) is 0 Å². The van der Waals surface area contributed by atoms with Crippen molar-refractivity contribution in [3.8, 4) is 0 Å². The van der Waals surface area contributed by atoms with E-state index in [-0.39, 0.29) is 29.5 Å². The third-order valence-electron chi connectivity index (χ3n) is 6.32. The highest BCUT2D eigenvalue weighted by atomic mass is 19.1. The van der Waals surface area contributed by atoms with Crippen LogP contribution in [0.25, 0.3) is 0 Å². The lowest BCUT2D eigenvalue weighted by atomic mass is 9.49. The smallest absolute Gasteiger partial charge is 0.242 e. The lowest BCUT2D eigenvalue weighted by Crippen LogP contribution is -2.50. The van der Waals surface area contributed by atoms with E-state index in [1.807, 2.05) is 0 Å². The molecule has 1 aromatic carbocycles. The molecular weight excluding hydrogens is 319 g/mol. The Hall–Kier alpha value is -1.91. The molecule has 0 radical (unpaired) electrons. The Morgan fingerprint density at radius 3 is 2.00 bits per heavy atom. The first-order valence-corrected chi connectivity index (χ1v) is 9.32. The molecule has 0 saturated heterocycles. The van der Waals surface area contributed by atoms with Crippen molar-refractivity contribution < 1.29 is 14.0 Å². The van der Waals surface area contributed by atoms with Crippen LogP contribution in [0.3, 0.4) is 0 Å². The second kappa shape index (κ2) is 6.43. The predicted octanol–water partition coefficient (Wildman–Crippen LogP) is 3.12. The highest BCUT2D eigenvalue weighted by Gasteiger charge is 2.51. The zero-order valence-electron chi connectivity index (χ0n) is 14.4. The summed E-state index contributed by atoms with van der Waals surface area (Å²) < 4.78 is 12.9. The van der Waals surface area contributed by atoms with Crippen LogP contribution in [0.15, 0.2) is 24.3 Å². The van der Waals surface area contributed by atoms with Crippen molar-refractivity contribution in [2.75, 3.05) is 0 Å². The Morgan fingerprint density at radius 1 is 0.920 bits per heavy atom. The van der Waals surface area contributed by atoms with Gasteiger partial charge in [-0.25, -0.2) is 4.39 Å². The fourth-order valence-corrected chi connectivity index (χ4v) is 5.86. The molecule has 0 atom stereocenters. The van der Waals surface area contributed by atoms with Gasteiger partial charge in [0.15, 0.2) is 0 Å². The van der Waals surface area contributed by atoms with Gasteiger partial charge in [-0.15, -0.1) is 0 Å². The quantitative estimate of drug-likeness (QED) is 0.825. The van der Waals surface area contributed by atoms with E-state index in [1.165, 1.54) is 50.7 Å². The van der Waals surface area contributed by atoms with Crippen molar-refractivity contribution in [2.24, 2.45) is 23.2 Å². The summed E-state index contributed by atoms with van der Waals surface area (Å²) in [6.07, 6.45) is 8.24. The number of rotatable bonds is 4. The molecule has 25 heavy (non-hydrogen) atoms. The average molecular weight is 344 g/mol. The van der Waals surface area contributed by atoms with Gasteiger partial charge in [-0.1, -0.05) is 12.1 Å². The zero-order chi connectivity index (χ0) is 17.4. The normalized spacial score (nSPS) is 32.4. The van der Waals surface area contributed by atoms with Crippen LogP contribution in [-0.2, 0) is 16.0 Å². The molecule has 5 rings (SSSR count). The number of halogens is 1. The number of hydrogen-bond acceptors (Lipinski definition) is 2. The maximum absolute atomic E-state index is 12.9. The van der Waals surface area contributed by atoms with Crippen molar-refractivity contribution in [2.45, 2.75) is 51.4 Å². The number of nitrogens with one attached hydrogen (secondary N) is 2. The topological polar surface area (TPSA) is 58.2 Å². The van der Waals surface area contributed by atoms with Crippen LogP contribution in [0.1, 0.15) is 50.5 Å². The van der Waals surface area contributed by atoms with E-state index in [1.54, 1.807) is 12.1 Å². The van der Waals surface area contributed by atoms with Gasteiger partial charge >= 0.3 is 0 Å². The monoisotopic (exact) mass is 344 g/mol. The van der Waals surface area contributed by atoms with E-state index in [0.29, 0.717) is 12.0 Å². The number of hydrogen-bond donors (Lipinski definition) is 2. The average Bonchev–Trinajstić information content (AvgIpc) is 2.53. The van der Waals surface area contributed by atoms with Gasteiger partial charge in [0.1, 0.15) is 5.82 Å². The van der Waals surface area contributed by atoms with E-state index in [4.69, 9.17) is 0 Å². The first-order chi connectivity index (χ1) is 12.0. The molecule has 0 aliphatic heterocycles. The summed E-state index contributed by atoms with van der Waals surface area (Å²) in [7, 11) is 0. The molecule has 4 saturated carbocycles. The third kappa shape index (κ3) is 3.70. The fraction of sp³-hybridized carbons (Fsp3) is 0.600. The minimum Gasteiger partial charge on any atom is -0.273 e. The molecule has 2 amide bonds. The molecular formula is C20H25FN2O2. The molecule has 0 spiro atoms. The van der Waals surface area contributed by atoms with E-state index in [0.717, 1.165) is 17.8 Å². The summed E-state index contributed by atoms with van der Waals surface area (Å²) in [4.78, 5) is 24.3. The largest absolute Gasteiger partial charge is 0.273 e. The Bertz CT molecular complexity index is 635. The van der Waals surface area contributed by atoms with Crippen LogP contribution in [0.5, 0.6) is 0 Å².